The summed E-state index contributed by atoms with van der Waals surface area (Å²) in [5.41, 5.74) is 0. The molecule has 1 fully saturated rings. The lowest BCUT2D eigenvalue weighted by molar-refractivity contribution is -0.130. The van der Waals surface area contributed by atoms with Crippen LogP contribution >= 0.6 is 22.0 Å². The third-order valence-corrected chi connectivity index (χ3v) is 6.25. The molecule has 0 saturated carbocycles. The SMILES string of the molecule is CC1CCCN1C(=O)Cc1ccc(S(=O)(=O)Cl)s1. The number of amides is 1. The molecule has 2 heterocycles. The zero-order chi connectivity index (χ0) is 13.3. The van der Waals surface area contributed by atoms with E-state index in [0.29, 0.717) is 0 Å². The zero-order valence-corrected chi connectivity index (χ0v) is 12.3. The largest absolute Gasteiger partial charge is 0.340 e. The Balaban J connectivity index is 2.06. The summed E-state index contributed by atoms with van der Waals surface area (Å²) >= 11 is 1.06. The molecule has 1 aromatic rings. The Hall–Kier alpha value is -0.590. The average Bonchev–Trinajstić information content (AvgIpc) is 2.85. The Kier molecular flexibility index (Phi) is 3.99. The van der Waals surface area contributed by atoms with Gasteiger partial charge in [0.15, 0.2) is 0 Å². The lowest BCUT2D eigenvalue weighted by Gasteiger charge is -2.20. The van der Waals surface area contributed by atoms with Gasteiger partial charge in [0, 0.05) is 28.1 Å². The average molecular weight is 308 g/mol. The molecule has 0 bridgehead atoms. The van der Waals surface area contributed by atoms with Crippen molar-refractivity contribution in [1.29, 1.82) is 0 Å². The summed E-state index contributed by atoms with van der Waals surface area (Å²) in [7, 11) is 1.56. The molecule has 4 nitrogen and oxygen atoms in total. The number of carbonyl (C=O) groups is 1. The number of rotatable bonds is 3. The van der Waals surface area contributed by atoms with Crippen molar-refractivity contribution >= 4 is 37.0 Å². The molecule has 0 spiro atoms. The van der Waals surface area contributed by atoms with E-state index >= 15 is 0 Å². The molecule has 0 aromatic carbocycles. The van der Waals surface area contributed by atoms with Crippen LogP contribution in [-0.4, -0.2) is 31.8 Å². The second-order valence-corrected chi connectivity index (χ2v) is 8.37. The van der Waals surface area contributed by atoms with Crippen molar-refractivity contribution in [3.8, 4) is 0 Å². The van der Waals surface area contributed by atoms with E-state index < -0.39 is 9.05 Å². The highest BCUT2D eigenvalue weighted by Gasteiger charge is 2.25. The molecule has 1 saturated heterocycles. The molecule has 1 amide bonds. The molecule has 100 valence electrons. The van der Waals surface area contributed by atoms with Gasteiger partial charge in [-0.15, -0.1) is 11.3 Å². The van der Waals surface area contributed by atoms with Crippen LogP contribution in [0.4, 0.5) is 0 Å². The van der Waals surface area contributed by atoms with Gasteiger partial charge in [0.2, 0.25) is 5.91 Å². The molecule has 0 radical (unpaired) electrons. The van der Waals surface area contributed by atoms with E-state index in [9.17, 15) is 13.2 Å². The van der Waals surface area contributed by atoms with Crippen LogP contribution in [0, 0.1) is 0 Å². The van der Waals surface area contributed by atoms with Gasteiger partial charge in [0.25, 0.3) is 9.05 Å². The minimum Gasteiger partial charge on any atom is -0.340 e. The van der Waals surface area contributed by atoms with Crippen LogP contribution in [0.2, 0.25) is 0 Å². The summed E-state index contributed by atoms with van der Waals surface area (Å²) in [6, 6.07) is 3.38. The van der Waals surface area contributed by atoms with Crippen molar-refractivity contribution in [3.05, 3.63) is 17.0 Å². The Morgan fingerprint density at radius 1 is 1.56 bits per heavy atom. The summed E-state index contributed by atoms with van der Waals surface area (Å²) in [6.45, 7) is 2.83. The molecule has 2 rings (SSSR count). The second kappa shape index (κ2) is 5.19. The van der Waals surface area contributed by atoms with Crippen LogP contribution < -0.4 is 0 Å². The van der Waals surface area contributed by atoms with Crippen molar-refractivity contribution < 1.29 is 13.2 Å². The van der Waals surface area contributed by atoms with Gasteiger partial charge in [-0.2, -0.15) is 0 Å². The maximum absolute atomic E-state index is 12.0. The van der Waals surface area contributed by atoms with E-state index in [1.54, 1.807) is 6.07 Å². The van der Waals surface area contributed by atoms with E-state index in [4.69, 9.17) is 10.7 Å². The number of likely N-dealkylation sites (tertiary alicyclic amines) is 1. The molecule has 7 heteroatoms. The quantitative estimate of drug-likeness (QED) is 0.805. The van der Waals surface area contributed by atoms with Crippen molar-refractivity contribution in [2.45, 2.75) is 36.4 Å². The fourth-order valence-electron chi connectivity index (χ4n) is 2.14. The van der Waals surface area contributed by atoms with E-state index in [-0.39, 0.29) is 22.6 Å². The maximum atomic E-state index is 12.0. The zero-order valence-electron chi connectivity index (χ0n) is 9.93. The Morgan fingerprint density at radius 3 is 2.78 bits per heavy atom. The number of hydrogen-bond acceptors (Lipinski definition) is 4. The summed E-state index contributed by atoms with van der Waals surface area (Å²) in [6.07, 6.45) is 2.33. The normalized spacial score (nSPS) is 20.3. The lowest BCUT2D eigenvalue weighted by Crippen LogP contribution is -2.34. The second-order valence-electron chi connectivity index (χ2n) is 4.41. The van der Waals surface area contributed by atoms with Gasteiger partial charge in [0.1, 0.15) is 4.21 Å². The predicted octanol–water partition coefficient (Wildman–Crippen LogP) is 2.23. The third-order valence-electron chi connectivity index (χ3n) is 3.08. The molecule has 18 heavy (non-hydrogen) atoms. The van der Waals surface area contributed by atoms with Gasteiger partial charge in [0.05, 0.1) is 6.42 Å². The summed E-state index contributed by atoms with van der Waals surface area (Å²) in [5, 5.41) is 0. The van der Waals surface area contributed by atoms with Gasteiger partial charge in [-0.3, -0.25) is 4.79 Å². The number of hydrogen-bond donors (Lipinski definition) is 0. The van der Waals surface area contributed by atoms with Crippen molar-refractivity contribution in [2.24, 2.45) is 0 Å². The standard InChI is InChI=1S/C11H14ClNO3S2/c1-8-3-2-6-13(8)10(14)7-9-4-5-11(17-9)18(12,15)16/h4-5,8H,2-3,6-7H2,1H3. The smallest absolute Gasteiger partial charge is 0.270 e. The molecule has 1 aromatic heterocycles. The molecule has 1 aliphatic rings. The fourth-order valence-corrected chi connectivity index (χ4v) is 4.25. The third kappa shape index (κ3) is 3.05. The van der Waals surface area contributed by atoms with Gasteiger partial charge in [-0.05, 0) is 31.9 Å². The maximum Gasteiger partial charge on any atom is 0.270 e. The first-order valence-electron chi connectivity index (χ1n) is 5.71. The van der Waals surface area contributed by atoms with Gasteiger partial charge < -0.3 is 4.90 Å². The first-order chi connectivity index (χ1) is 8.38. The number of nitrogens with zero attached hydrogens (tertiary/aromatic N) is 1. The number of thiophene rings is 1. The van der Waals surface area contributed by atoms with Crippen molar-refractivity contribution in [1.82, 2.24) is 4.90 Å². The first-order valence-corrected chi connectivity index (χ1v) is 8.83. The predicted molar refractivity (Wildman–Crippen MR) is 71.5 cm³/mol. The topological polar surface area (TPSA) is 54.5 Å². The van der Waals surface area contributed by atoms with Crippen LogP contribution in [0.3, 0.4) is 0 Å². The van der Waals surface area contributed by atoms with E-state index in [0.717, 1.165) is 35.6 Å². The molecule has 0 aliphatic carbocycles. The van der Waals surface area contributed by atoms with Crippen LogP contribution in [0.1, 0.15) is 24.6 Å². The van der Waals surface area contributed by atoms with Gasteiger partial charge in [-0.1, -0.05) is 0 Å². The van der Waals surface area contributed by atoms with Crippen LogP contribution in [0.25, 0.3) is 0 Å². The minimum atomic E-state index is -3.68. The number of halogens is 1. The molecular weight excluding hydrogens is 294 g/mol. The molecule has 1 unspecified atom stereocenters. The minimum absolute atomic E-state index is 0.0559. The highest BCUT2D eigenvalue weighted by atomic mass is 35.7. The van der Waals surface area contributed by atoms with Crippen molar-refractivity contribution in [3.63, 3.8) is 0 Å². The lowest BCUT2D eigenvalue weighted by atomic mass is 10.2. The molecular formula is C11H14ClNO3S2. The first kappa shape index (κ1) is 13.8. The number of carbonyl (C=O) groups excluding carboxylic acids is 1. The fraction of sp³-hybridized carbons (Fsp3) is 0.545. The van der Waals surface area contributed by atoms with Crippen LogP contribution in [0.15, 0.2) is 16.3 Å². The van der Waals surface area contributed by atoms with Crippen LogP contribution in [-0.2, 0) is 20.3 Å². The van der Waals surface area contributed by atoms with E-state index in [2.05, 4.69) is 0 Å². The molecule has 1 atom stereocenters. The molecule has 0 N–H and O–H groups in total. The summed E-state index contributed by atoms with van der Waals surface area (Å²) in [5.74, 6) is 0.0559. The highest BCUT2D eigenvalue weighted by Crippen LogP contribution is 2.26. The van der Waals surface area contributed by atoms with Crippen molar-refractivity contribution in [2.75, 3.05) is 6.54 Å². The highest BCUT2D eigenvalue weighted by molar-refractivity contribution is 8.15. The Morgan fingerprint density at radius 2 is 2.28 bits per heavy atom. The Bertz CT molecular complexity index is 552. The van der Waals surface area contributed by atoms with E-state index in [1.165, 1.54) is 6.07 Å². The summed E-state index contributed by atoms with van der Waals surface area (Å²) in [4.78, 5) is 14.6. The van der Waals surface area contributed by atoms with E-state index in [1.807, 2.05) is 11.8 Å². The van der Waals surface area contributed by atoms with Gasteiger partial charge in [-0.25, -0.2) is 8.42 Å². The van der Waals surface area contributed by atoms with Crippen LogP contribution in [0.5, 0.6) is 0 Å². The van der Waals surface area contributed by atoms with Gasteiger partial charge >= 0.3 is 0 Å². The Labute approximate surface area is 115 Å². The molecule has 1 aliphatic heterocycles. The summed E-state index contributed by atoms with van der Waals surface area (Å²) < 4.78 is 22.3. The monoisotopic (exact) mass is 307 g/mol.